The lowest BCUT2D eigenvalue weighted by atomic mass is 10.3. The summed E-state index contributed by atoms with van der Waals surface area (Å²) in [6.07, 6.45) is 1.73. The van der Waals surface area contributed by atoms with E-state index in [1.807, 2.05) is 43.0 Å². The summed E-state index contributed by atoms with van der Waals surface area (Å²) in [6, 6.07) is 7.91. The van der Waals surface area contributed by atoms with Crippen LogP contribution in [0.15, 0.2) is 30.6 Å². The zero-order chi connectivity index (χ0) is 13.0. The summed E-state index contributed by atoms with van der Waals surface area (Å²) in [4.78, 5) is 6.38. The Hall–Kier alpha value is -1.66. The van der Waals surface area contributed by atoms with Crippen molar-refractivity contribution in [3.63, 3.8) is 0 Å². The fraction of sp³-hybridized carbons (Fsp3) is 0.333. The highest BCUT2D eigenvalue weighted by atomic mass is 32.1. The van der Waals surface area contributed by atoms with E-state index < -0.39 is 0 Å². The number of hydrogen-bond acceptors (Lipinski definition) is 3. The van der Waals surface area contributed by atoms with Gasteiger partial charge in [-0.05, 0) is 38.4 Å². The number of fused-ring (bicyclic) bond motifs is 1. The fourth-order valence-electron chi connectivity index (χ4n) is 1.59. The Morgan fingerprint density at radius 3 is 2.94 bits per heavy atom. The highest BCUT2D eigenvalue weighted by molar-refractivity contribution is 7.80. The van der Waals surface area contributed by atoms with Crippen LogP contribution in [-0.4, -0.2) is 46.9 Å². The molecule has 0 fully saturated rings. The molecule has 0 aliphatic carbocycles. The quantitative estimate of drug-likeness (QED) is 0.806. The van der Waals surface area contributed by atoms with Gasteiger partial charge in [0.1, 0.15) is 6.33 Å². The highest BCUT2D eigenvalue weighted by Crippen LogP contribution is 2.09. The molecule has 2 aromatic rings. The van der Waals surface area contributed by atoms with Gasteiger partial charge in [-0.25, -0.2) is 9.66 Å². The van der Waals surface area contributed by atoms with Crippen molar-refractivity contribution in [3.8, 4) is 0 Å². The van der Waals surface area contributed by atoms with Gasteiger partial charge in [-0.15, -0.1) is 0 Å². The second-order valence-electron chi connectivity index (χ2n) is 4.27. The molecule has 0 radical (unpaired) electrons. The fourth-order valence-corrected chi connectivity index (χ4v) is 1.79. The smallest absolute Gasteiger partial charge is 0.185 e. The van der Waals surface area contributed by atoms with Gasteiger partial charge in [-0.3, -0.25) is 5.43 Å². The molecule has 0 bridgehead atoms. The van der Waals surface area contributed by atoms with Gasteiger partial charge in [0.25, 0.3) is 0 Å². The number of rotatable bonds is 4. The molecule has 2 N–H and O–H groups in total. The minimum Gasteiger partial charge on any atom is -0.360 e. The van der Waals surface area contributed by atoms with Gasteiger partial charge < -0.3 is 10.2 Å². The molecule has 1 aromatic heterocycles. The zero-order valence-corrected chi connectivity index (χ0v) is 11.4. The molecule has 0 unspecified atom stereocenters. The molecule has 1 aromatic carbocycles. The summed E-state index contributed by atoms with van der Waals surface area (Å²) in [5.41, 5.74) is 5.05. The molecule has 0 aliphatic rings. The van der Waals surface area contributed by atoms with Crippen LogP contribution in [0.3, 0.4) is 0 Å². The first-order valence-corrected chi connectivity index (χ1v) is 6.19. The maximum atomic E-state index is 5.23. The lowest BCUT2D eigenvalue weighted by Gasteiger charge is -2.14. The summed E-state index contributed by atoms with van der Waals surface area (Å²) in [7, 11) is 4.06. The molecule has 0 aliphatic heterocycles. The molecule has 0 amide bonds. The maximum Gasteiger partial charge on any atom is 0.185 e. The Kier molecular flexibility index (Phi) is 4.11. The number of hydrogen-bond donors (Lipinski definition) is 2. The van der Waals surface area contributed by atoms with E-state index in [0.29, 0.717) is 5.11 Å². The molecule has 0 saturated carbocycles. The summed E-state index contributed by atoms with van der Waals surface area (Å²) in [5.74, 6) is 0. The third-order valence-electron chi connectivity index (χ3n) is 2.52. The molecule has 1 heterocycles. The average molecular weight is 263 g/mol. The Bertz CT molecular complexity index is 534. The van der Waals surface area contributed by atoms with Crippen LogP contribution in [-0.2, 0) is 0 Å². The Balaban J connectivity index is 1.95. The zero-order valence-electron chi connectivity index (χ0n) is 10.6. The predicted octanol–water partition coefficient (Wildman–Crippen LogP) is 1.02. The van der Waals surface area contributed by atoms with Crippen LogP contribution in [0.5, 0.6) is 0 Å². The van der Waals surface area contributed by atoms with Crippen molar-refractivity contribution in [3.05, 3.63) is 30.6 Å². The number of para-hydroxylation sites is 2. The second kappa shape index (κ2) is 5.79. The highest BCUT2D eigenvalue weighted by Gasteiger charge is 2.02. The lowest BCUT2D eigenvalue weighted by Crippen LogP contribution is -2.37. The monoisotopic (exact) mass is 263 g/mol. The van der Waals surface area contributed by atoms with E-state index in [1.54, 1.807) is 6.33 Å². The normalized spacial score (nSPS) is 10.8. The first-order valence-electron chi connectivity index (χ1n) is 5.78. The summed E-state index contributed by atoms with van der Waals surface area (Å²) in [5, 5.41) is 3.74. The third-order valence-corrected chi connectivity index (χ3v) is 2.76. The largest absolute Gasteiger partial charge is 0.360 e. The van der Waals surface area contributed by atoms with Crippen LogP contribution >= 0.6 is 12.2 Å². The van der Waals surface area contributed by atoms with Crippen molar-refractivity contribution in [2.24, 2.45) is 0 Å². The molecule has 0 spiro atoms. The minimum atomic E-state index is 0.597. The molecule has 5 nitrogen and oxygen atoms in total. The van der Waals surface area contributed by atoms with Gasteiger partial charge in [0, 0.05) is 13.1 Å². The first-order chi connectivity index (χ1) is 8.66. The van der Waals surface area contributed by atoms with Gasteiger partial charge in [0.05, 0.1) is 11.0 Å². The first kappa shape index (κ1) is 12.8. The SMILES string of the molecule is CN(C)CCNC(=S)Nn1cnc2ccccc21. The van der Waals surface area contributed by atoms with Gasteiger partial charge in [0.2, 0.25) is 0 Å². The number of nitrogens with zero attached hydrogens (tertiary/aromatic N) is 3. The van der Waals surface area contributed by atoms with Crippen molar-refractivity contribution < 1.29 is 0 Å². The second-order valence-corrected chi connectivity index (χ2v) is 4.68. The van der Waals surface area contributed by atoms with Crippen molar-refractivity contribution in [2.75, 3.05) is 32.6 Å². The number of nitrogens with one attached hydrogen (secondary N) is 2. The maximum absolute atomic E-state index is 5.23. The number of imidazole rings is 1. The van der Waals surface area contributed by atoms with E-state index >= 15 is 0 Å². The standard InChI is InChI=1S/C12H17N5S/c1-16(2)8-7-13-12(18)15-17-9-14-10-5-3-4-6-11(10)17/h3-6,9H,7-8H2,1-2H3,(H2,13,15,18). The number of likely N-dealkylation sites (N-methyl/N-ethyl adjacent to an activating group) is 1. The Morgan fingerprint density at radius 1 is 1.39 bits per heavy atom. The molecule has 18 heavy (non-hydrogen) atoms. The van der Waals surface area contributed by atoms with Crippen LogP contribution in [0.25, 0.3) is 11.0 Å². The van der Waals surface area contributed by atoms with Crippen molar-refractivity contribution in [1.82, 2.24) is 19.9 Å². The van der Waals surface area contributed by atoms with Crippen molar-refractivity contribution in [2.45, 2.75) is 0 Å². The number of benzene rings is 1. The van der Waals surface area contributed by atoms with Crippen molar-refractivity contribution >= 4 is 28.4 Å². The van der Waals surface area contributed by atoms with Gasteiger partial charge in [-0.1, -0.05) is 12.1 Å². The molecule has 0 saturated heterocycles. The number of aromatic nitrogens is 2. The van der Waals surface area contributed by atoms with Gasteiger partial charge >= 0.3 is 0 Å². The van der Waals surface area contributed by atoms with E-state index in [0.717, 1.165) is 24.1 Å². The molecular formula is C12H17N5S. The lowest BCUT2D eigenvalue weighted by molar-refractivity contribution is 0.413. The van der Waals surface area contributed by atoms with Crippen LogP contribution in [0.4, 0.5) is 0 Å². The summed E-state index contributed by atoms with van der Waals surface area (Å²) < 4.78 is 1.82. The summed E-state index contributed by atoms with van der Waals surface area (Å²) >= 11 is 5.23. The Labute approximate surface area is 112 Å². The molecule has 0 atom stereocenters. The molecule has 2 rings (SSSR count). The minimum absolute atomic E-state index is 0.597. The van der Waals surface area contributed by atoms with Gasteiger partial charge in [0.15, 0.2) is 5.11 Å². The molecule has 96 valence electrons. The van der Waals surface area contributed by atoms with E-state index in [1.165, 1.54) is 0 Å². The molecule has 6 heteroatoms. The Morgan fingerprint density at radius 2 is 2.17 bits per heavy atom. The van der Waals surface area contributed by atoms with Crippen LogP contribution in [0.1, 0.15) is 0 Å². The van der Waals surface area contributed by atoms with E-state index in [-0.39, 0.29) is 0 Å². The van der Waals surface area contributed by atoms with Crippen LogP contribution in [0, 0.1) is 0 Å². The topological polar surface area (TPSA) is 45.1 Å². The van der Waals surface area contributed by atoms with Crippen LogP contribution in [0.2, 0.25) is 0 Å². The van der Waals surface area contributed by atoms with E-state index in [4.69, 9.17) is 12.2 Å². The molecular weight excluding hydrogens is 246 g/mol. The van der Waals surface area contributed by atoms with E-state index in [2.05, 4.69) is 20.6 Å². The van der Waals surface area contributed by atoms with E-state index in [9.17, 15) is 0 Å². The number of thiocarbonyl (C=S) groups is 1. The van der Waals surface area contributed by atoms with Gasteiger partial charge in [-0.2, -0.15) is 0 Å². The third kappa shape index (κ3) is 3.18. The predicted molar refractivity (Wildman–Crippen MR) is 78.2 cm³/mol. The van der Waals surface area contributed by atoms with Crippen molar-refractivity contribution in [1.29, 1.82) is 0 Å². The van der Waals surface area contributed by atoms with Crippen LogP contribution < -0.4 is 10.7 Å². The average Bonchev–Trinajstić information content (AvgIpc) is 2.72. The summed E-state index contributed by atoms with van der Waals surface area (Å²) in [6.45, 7) is 1.75.